The van der Waals surface area contributed by atoms with Gasteiger partial charge >= 0.3 is 0 Å². The van der Waals surface area contributed by atoms with Crippen LogP contribution in [0, 0.1) is 0 Å². The van der Waals surface area contributed by atoms with Crippen LogP contribution in [-0.2, 0) is 6.54 Å². The van der Waals surface area contributed by atoms with Crippen LogP contribution in [0.3, 0.4) is 0 Å². The first-order valence-electron chi connectivity index (χ1n) is 10.1. The topological polar surface area (TPSA) is 61.8 Å². The second-order valence-corrected chi connectivity index (χ2v) is 8.11. The van der Waals surface area contributed by atoms with Gasteiger partial charge < -0.3 is 20.3 Å². The van der Waals surface area contributed by atoms with Gasteiger partial charge in [0, 0.05) is 37.1 Å². The molecule has 2 heterocycles. The minimum Gasteiger partial charge on any atom is -0.495 e. The molecule has 0 aliphatic carbocycles. The summed E-state index contributed by atoms with van der Waals surface area (Å²) in [5, 5.41) is 10.1. The summed E-state index contributed by atoms with van der Waals surface area (Å²) in [5.74, 6) is 1.72. The van der Waals surface area contributed by atoms with E-state index in [-0.39, 0.29) is 0 Å². The van der Waals surface area contributed by atoms with Crippen LogP contribution in [0.5, 0.6) is 5.75 Å². The van der Waals surface area contributed by atoms with Crippen molar-refractivity contribution in [2.75, 3.05) is 32.1 Å². The summed E-state index contributed by atoms with van der Waals surface area (Å²) in [6, 6.07) is 18.8. The van der Waals surface area contributed by atoms with Gasteiger partial charge in [-0.3, -0.25) is 4.99 Å². The highest BCUT2D eigenvalue weighted by Crippen LogP contribution is 2.30. The summed E-state index contributed by atoms with van der Waals surface area (Å²) in [5.41, 5.74) is 3.30. The molecule has 156 valence electrons. The number of thiazole rings is 1. The Morgan fingerprint density at radius 3 is 2.80 bits per heavy atom. The number of methoxy groups -OCH3 is 1. The minimum absolute atomic E-state index is 0.331. The molecular weight excluding hydrogens is 394 g/mol. The first kappa shape index (κ1) is 20.2. The molecule has 7 heteroatoms. The maximum Gasteiger partial charge on any atom is 0.191 e. The number of para-hydroxylation sites is 2. The molecule has 0 radical (unpaired) electrons. The number of hydrogen-bond donors (Lipinski definition) is 2. The smallest absolute Gasteiger partial charge is 0.191 e. The van der Waals surface area contributed by atoms with Crippen LogP contribution in [0.1, 0.15) is 11.4 Å². The maximum absolute atomic E-state index is 5.51. The van der Waals surface area contributed by atoms with Crippen LogP contribution in [0.25, 0.3) is 11.3 Å². The number of nitrogens with one attached hydrogen (secondary N) is 2. The second kappa shape index (κ2) is 9.63. The molecule has 0 spiro atoms. The molecule has 1 aromatic heterocycles. The number of aromatic nitrogens is 1. The van der Waals surface area contributed by atoms with Gasteiger partial charge in [0.1, 0.15) is 10.8 Å². The van der Waals surface area contributed by atoms with E-state index < -0.39 is 0 Å². The Bertz CT molecular complexity index is 988. The van der Waals surface area contributed by atoms with Crippen molar-refractivity contribution in [3.8, 4) is 17.0 Å². The molecule has 1 unspecified atom stereocenters. The van der Waals surface area contributed by atoms with E-state index >= 15 is 0 Å². The molecule has 1 fully saturated rings. The van der Waals surface area contributed by atoms with Crippen molar-refractivity contribution in [3.05, 3.63) is 65.0 Å². The number of hydrogen-bond acceptors (Lipinski definition) is 5. The molecule has 4 rings (SSSR count). The standard InChI is InChI=1S/C23H27N5OS/c1-24-23(25-14-22-27-19(16-30-22)17-8-4-3-5-9-17)26-18-12-13-28(15-18)20-10-6-7-11-21(20)29-2/h3-11,16,18H,12-15H2,1-2H3,(H2,24,25,26). The SMILES string of the molecule is CN=C(NCc1nc(-c2ccccc2)cs1)NC1CCN(c2ccccc2OC)C1. The molecule has 2 aromatic carbocycles. The predicted octanol–water partition coefficient (Wildman–Crippen LogP) is 3.76. The zero-order chi connectivity index (χ0) is 20.8. The summed E-state index contributed by atoms with van der Waals surface area (Å²) in [7, 11) is 3.53. The highest BCUT2D eigenvalue weighted by Gasteiger charge is 2.25. The molecule has 0 saturated carbocycles. The molecule has 2 N–H and O–H groups in total. The lowest BCUT2D eigenvalue weighted by Crippen LogP contribution is -2.44. The number of ether oxygens (including phenoxy) is 1. The van der Waals surface area contributed by atoms with Crippen LogP contribution >= 0.6 is 11.3 Å². The summed E-state index contributed by atoms with van der Waals surface area (Å²) in [4.78, 5) is 11.5. The van der Waals surface area contributed by atoms with Gasteiger partial charge in [-0.2, -0.15) is 0 Å². The molecule has 0 bridgehead atoms. The highest BCUT2D eigenvalue weighted by molar-refractivity contribution is 7.09. The quantitative estimate of drug-likeness (QED) is 0.469. The molecule has 1 aliphatic rings. The van der Waals surface area contributed by atoms with E-state index in [0.29, 0.717) is 12.6 Å². The molecule has 1 atom stereocenters. The normalized spacial score (nSPS) is 16.5. The van der Waals surface area contributed by atoms with E-state index in [1.165, 1.54) is 0 Å². The third-order valence-electron chi connectivity index (χ3n) is 5.21. The van der Waals surface area contributed by atoms with Crippen molar-refractivity contribution in [2.45, 2.75) is 19.0 Å². The average Bonchev–Trinajstić information content (AvgIpc) is 3.47. The number of aliphatic imine (C=N–C) groups is 1. The highest BCUT2D eigenvalue weighted by atomic mass is 32.1. The Morgan fingerprint density at radius 1 is 1.20 bits per heavy atom. The van der Waals surface area contributed by atoms with Crippen LogP contribution in [-0.4, -0.2) is 44.2 Å². The minimum atomic E-state index is 0.331. The fourth-order valence-corrected chi connectivity index (χ4v) is 4.41. The lowest BCUT2D eigenvalue weighted by Gasteiger charge is -2.22. The van der Waals surface area contributed by atoms with E-state index in [1.54, 1.807) is 25.5 Å². The van der Waals surface area contributed by atoms with Crippen molar-refractivity contribution in [1.29, 1.82) is 0 Å². The fourth-order valence-electron chi connectivity index (χ4n) is 3.67. The Kier molecular flexibility index (Phi) is 6.49. The van der Waals surface area contributed by atoms with Crippen LogP contribution in [0.15, 0.2) is 65.0 Å². The van der Waals surface area contributed by atoms with Crippen molar-refractivity contribution in [1.82, 2.24) is 15.6 Å². The first-order chi connectivity index (χ1) is 14.8. The van der Waals surface area contributed by atoms with E-state index in [1.807, 2.05) is 30.3 Å². The molecule has 1 saturated heterocycles. The third kappa shape index (κ3) is 4.74. The number of anilines is 1. The average molecular weight is 422 g/mol. The summed E-state index contributed by atoms with van der Waals surface area (Å²) < 4.78 is 5.51. The van der Waals surface area contributed by atoms with Gasteiger partial charge in [-0.15, -0.1) is 11.3 Å². The second-order valence-electron chi connectivity index (χ2n) is 7.17. The van der Waals surface area contributed by atoms with Gasteiger partial charge in [-0.05, 0) is 18.6 Å². The molecule has 0 amide bonds. The molecule has 30 heavy (non-hydrogen) atoms. The van der Waals surface area contributed by atoms with E-state index in [2.05, 4.69) is 50.2 Å². The lowest BCUT2D eigenvalue weighted by atomic mass is 10.2. The Labute approximate surface area is 181 Å². The van der Waals surface area contributed by atoms with Crippen molar-refractivity contribution >= 4 is 23.0 Å². The van der Waals surface area contributed by atoms with Crippen molar-refractivity contribution in [3.63, 3.8) is 0 Å². The van der Waals surface area contributed by atoms with Gasteiger partial charge in [0.05, 0.1) is 25.0 Å². The van der Waals surface area contributed by atoms with Gasteiger partial charge in [-0.25, -0.2) is 4.98 Å². The van der Waals surface area contributed by atoms with Crippen molar-refractivity contribution in [2.24, 2.45) is 4.99 Å². The van der Waals surface area contributed by atoms with E-state index in [0.717, 1.165) is 53.2 Å². The van der Waals surface area contributed by atoms with Crippen LogP contribution in [0.2, 0.25) is 0 Å². The van der Waals surface area contributed by atoms with Gasteiger partial charge in [0.25, 0.3) is 0 Å². The van der Waals surface area contributed by atoms with Gasteiger partial charge in [0.15, 0.2) is 5.96 Å². The number of nitrogens with zero attached hydrogens (tertiary/aromatic N) is 3. The Balaban J connectivity index is 1.31. The zero-order valence-corrected chi connectivity index (χ0v) is 18.2. The summed E-state index contributed by atoms with van der Waals surface area (Å²) in [6.45, 7) is 2.55. The molecular formula is C23H27N5OS. The maximum atomic E-state index is 5.51. The number of benzene rings is 2. The van der Waals surface area contributed by atoms with E-state index in [9.17, 15) is 0 Å². The lowest BCUT2D eigenvalue weighted by molar-refractivity contribution is 0.415. The van der Waals surface area contributed by atoms with Gasteiger partial charge in [0.2, 0.25) is 0 Å². The number of guanidine groups is 1. The first-order valence-corrected chi connectivity index (χ1v) is 11.0. The predicted molar refractivity (Wildman–Crippen MR) is 124 cm³/mol. The van der Waals surface area contributed by atoms with Gasteiger partial charge in [-0.1, -0.05) is 42.5 Å². The largest absolute Gasteiger partial charge is 0.495 e. The fraction of sp³-hybridized carbons (Fsp3) is 0.304. The molecule has 3 aromatic rings. The Hall–Kier alpha value is -3.06. The molecule has 1 aliphatic heterocycles. The van der Waals surface area contributed by atoms with Crippen LogP contribution in [0.4, 0.5) is 5.69 Å². The summed E-state index contributed by atoms with van der Waals surface area (Å²) >= 11 is 1.66. The van der Waals surface area contributed by atoms with Crippen molar-refractivity contribution < 1.29 is 4.74 Å². The van der Waals surface area contributed by atoms with E-state index in [4.69, 9.17) is 9.72 Å². The third-order valence-corrected chi connectivity index (χ3v) is 6.06. The number of rotatable bonds is 6. The monoisotopic (exact) mass is 421 g/mol. The Morgan fingerprint density at radius 2 is 2.00 bits per heavy atom. The molecule has 6 nitrogen and oxygen atoms in total. The van der Waals surface area contributed by atoms with Crippen LogP contribution < -0.4 is 20.3 Å². The summed E-state index contributed by atoms with van der Waals surface area (Å²) in [6.07, 6.45) is 1.05. The zero-order valence-electron chi connectivity index (χ0n) is 17.3.